The van der Waals surface area contributed by atoms with Crippen LogP contribution in [0.3, 0.4) is 0 Å². The van der Waals surface area contributed by atoms with Gasteiger partial charge in [0.25, 0.3) is 0 Å². The summed E-state index contributed by atoms with van der Waals surface area (Å²) in [5.41, 5.74) is 14.7. The average Bonchev–Trinajstić information content (AvgIpc) is 1.85. The molecule has 0 aromatic heterocycles. The van der Waals surface area contributed by atoms with Crippen molar-refractivity contribution in [2.24, 2.45) is 0 Å². The Hall–Kier alpha value is 0.256. The molecule has 0 aliphatic rings. The zero-order chi connectivity index (χ0) is 7.56. The fourth-order valence-corrected chi connectivity index (χ4v) is 0.796. The Morgan fingerprint density at radius 3 is 2.33 bits per heavy atom. The second-order valence-corrected chi connectivity index (χ2v) is 2.09. The van der Waals surface area contributed by atoms with Crippen LogP contribution in [-0.4, -0.2) is 7.05 Å². The van der Waals surface area contributed by atoms with E-state index in [9.17, 15) is 0 Å². The van der Waals surface area contributed by atoms with Gasteiger partial charge in [-0.1, -0.05) is 12.1 Å². The number of anilines is 2. The zero-order valence-corrected chi connectivity index (χ0v) is 10.9. The summed E-state index contributed by atoms with van der Waals surface area (Å²) in [5.74, 6) is 0. The molecule has 1 rings (SSSR count). The van der Waals surface area contributed by atoms with Crippen LogP contribution in [0.2, 0.25) is 0 Å². The van der Waals surface area contributed by atoms with Crippen molar-refractivity contribution < 1.29 is 51.4 Å². The molecule has 0 aliphatic carbocycles. The molecule has 0 spiro atoms. The van der Waals surface area contributed by atoms with Gasteiger partial charge in [0.1, 0.15) is 0 Å². The molecule has 1 aromatic carbocycles. The van der Waals surface area contributed by atoms with E-state index in [2.05, 4.69) is 5.32 Å². The monoisotopic (exact) mass is 190 g/mol. The summed E-state index contributed by atoms with van der Waals surface area (Å²) in [6.07, 6.45) is 0. The van der Waals surface area contributed by atoms with Crippen molar-refractivity contribution in [2.45, 2.75) is 0 Å². The topological polar surface area (TPSA) is 61.8 Å². The first-order valence-corrected chi connectivity index (χ1v) is 3.02. The molecule has 0 saturated heterocycles. The van der Waals surface area contributed by atoms with Crippen LogP contribution in [0.4, 0.5) is 17.1 Å². The molecule has 1 aromatic rings. The molecule has 0 saturated carbocycles. The minimum absolute atomic E-state index is 0. The Balaban J connectivity index is 0. The van der Waals surface area contributed by atoms with Gasteiger partial charge in [-0.3, -0.25) is 0 Å². The number of nitrogens with two attached hydrogens (primary N) is 1. The summed E-state index contributed by atoms with van der Waals surface area (Å²) in [6, 6.07) is 5.12. The fourth-order valence-electron chi connectivity index (χ4n) is 0.796. The van der Waals surface area contributed by atoms with E-state index in [0.717, 1.165) is 5.69 Å². The van der Waals surface area contributed by atoms with Gasteiger partial charge in [-0.2, -0.15) is 0 Å². The molecule has 0 bridgehead atoms. The Bertz CT molecular complexity index is 217. The quantitative estimate of drug-likeness (QED) is 0.354. The van der Waals surface area contributed by atoms with E-state index < -0.39 is 0 Å². The average molecular weight is 190 g/mol. The molecule has 0 aliphatic heterocycles. The number of nitrogens with one attached hydrogen (secondary N) is 2. The SMILES string of the molecule is CNc1cc([NH-])cc(N)c1.[CH3-].[K+]. The van der Waals surface area contributed by atoms with Crippen molar-refractivity contribution in [1.29, 1.82) is 0 Å². The first-order valence-electron chi connectivity index (χ1n) is 3.02. The summed E-state index contributed by atoms with van der Waals surface area (Å²) < 4.78 is 0. The summed E-state index contributed by atoms with van der Waals surface area (Å²) in [5, 5.41) is 2.91. The molecular weight excluding hydrogens is 177 g/mol. The van der Waals surface area contributed by atoms with E-state index in [1.54, 1.807) is 25.2 Å². The van der Waals surface area contributed by atoms with Gasteiger partial charge >= 0.3 is 51.4 Å². The molecule has 0 heterocycles. The fraction of sp³-hybridized carbons (Fsp3) is 0.125. The first kappa shape index (κ1) is 14.8. The van der Waals surface area contributed by atoms with E-state index in [0.29, 0.717) is 11.4 Å². The van der Waals surface area contributed by atoms with Gasteiger partial charge < -0.3 is 24.2 Å². The predicted molar refractivity (Wildman–Crippen MR) is 50.8 cm³/mol. The molecule has 0 radical (unpaired) electrons. The molecule has 3 nitrogen and oxygen atoms in total. The third-order valence-corrected chi connectivity index (χ3v) is 1.24. The summed E-state index contributed by atoms with van der Waals surface area (Å²) in [4.78, 5) is 0. The van der Waals surface area contributed by atoms with Crippen LogP contribution in [0.5, 0.6) is 0 Å². The second kappa shape index (κ2) is 6.74. The molecule has 0 unspecified atom stereocenters. The minimum Gasteiger partial charge on any atom is -0.699 e. The molecule has 0 atom stereocenters. The molecule has 4 N–H and O–H groups in total. The van der Waals surface area contributed by atoms with E-state index >= 15 is 0 Å². The van der Waals surface area contributed by atoms with Gasteiger partial charge in [0.15, 0.2) is 0 Å². The van der Waals surface area contributed by atoms with Crippen molar-refractivity contribution >= 4 is 17.1 Å². The summed E-state index contributed by atoms with van der Waals surface area (Å²) in [6.45, 7) is 0. The molecule has 0 fully saturated rings. The van der Waals surface area contributed by atoms with Gasteiger partial charge in [0, 0.05) is 18.4 Å². The van der Waals surface area contributed by atoms with Crippen LogP contribution >= 0.6 is 0 Å². The van der Waals surface area contributed by atoms with Crippen molar-refractivity contribution in [1.82, 2.24) is 0 Å². The minimum atomic E-state index is 0. The molecule has 62 valence electrons. The number of nitrogen functional groups attached to an aromatic ring is 1. The standard InChI is InChI=1S/C7H10N3.CH3.K/c1-10-7-3-5(8)2-6(9)4-7;;/h2-4,8,10H,9H2,1H3;1H3;/q2*-1;+1. The van der Waals surface area contributed by atoms with Gasteiger partial charge in [0.05, 0.1) is 0 Å². The normalized spacial score (nSPS) is 7.75. The van der Waals surface area contributed by atoms with Crippen molar-refractivity contribution in [3.8, 4) is 0 Å². The molecule has 12 heavy (non-hydrogen) atoms. The number of hydrogen-bond donors (Lipinski definition) is 2. The van der Waals surface area contributed by atoms with Crippen LogP contribution in [0.15, 0.2) is 18.2 Å². The molecule has 4 heteroatoms. The van der Waals surface area contributed by atoms with E-state index in [-0.39, 0.29) is 58.8 Å². The Morgan fingerprint density at radius 1 is 1.33 bits per heavy atom. The molecular formula is C8H13KN3-. The van der Waals surface area contributed by atoms with Crippen LogP contribution in [0.25, 0.3) is 5.73 Å². The Morgan fingerprint density at radius 2 is 1.92 bits per heavy atom. The van der Waals surface area contributed by atoms with Gasteiger partial charge in [-0.25, -0.2) is 0 Å². The van der Waals surface area contributed by atoms with E-state index in [4.69, 9.17) is 11.5 Å². The maximum absolute atomic E-state index is 7.26. The third-order valence-electron chi connectivity index (χ3n) is 1.24. The molecule has 0 amide bonds. The maximum atomic E-state index is 7.26. The van der Waals surface area contributed by atoms with Gasteiger partial charge in [0.2, 0.25) is 0 Å². The second-order valence-electron chi connectivity index (χ2n) is 2.09. The van der Waals surface area contributed by atoms with Crippen LogP contribution in [0.1, 0.15) is 0 Å². The van der Waals surface area contributed by atoms with Crippen LogP contribution < -0.4 is 62.4 Å². The predicted octanol–water partition coefficient (Wildman–Crippen LogP) is -0.552. The Kier molecular flexibility index (Phi) is 8.29. The van der Waals surface area contributed by atoms with Gasteiger partial charge in [-0.15, -0.1) is 5.69 Å². The largest absolute Gasteiger partial charge is 1.00 e. The van der Waals surface area contributed by atoms with Gasteiger partial charge in [-0.05, 0) is 6.07 Å². The van der Waals surface area contributed by atoms with Crippen molar-refractivity contribution in [2.75, 3.05) is 18.1 Å². The number of hydrogen-bond acceptors (Lipinski definition) is 2. The summed E-state index contributed by atoms with van der Waals surface area (Å²) >= 11 is 0. The zero-order valence-electron chi connectivity index (χ0n) is 7.81. The van der Waals surface area contributed by atoms with Crippen LogP contribution in [-0.2, 0) is 0 Å². The first-order chi connectivity index (χ1) is 4.72. The summed E-state index contributed by atoms with van der Waals surface area (Å²) in [7, 11) is 1.80. The van der Waals surface area contributed by atoms with E-state index in [1.807, 2.05) is 0 Å². The van der Waals surface area contributed by atoms with E-state index in [1.165, 1.54) is 0 Å². The smallest absolute Gasteiger partial charge is 0.699 e. The van der Waals surface area contributed by atoms with Crippen molar-refractivity contribution in [3.63, 3.8) is 0 Å². The third kappa shape index (κ3) is 4.32. The maximum Gasteiger partial charge on any atom is 1.00 e. The number of benzene rings is 1. The van der Waals surface area contributed by atoms with Crippen molar-refractivity contribution in [3.05, 3.63) is 31.4 Å². The van der Waals surface area contributed by atoms with Crippen LogP contribution in [0, 0.1) is 7.43 Å². The number of rotatable bonds is 1. The Labute approximate surface area is 116 Å².